The molecule has 0 aliphatic heterocycles. The van der Waals surface area contributed by atoms with Crippen molar-refractivity contribution in [3.8, 4) is 27.8 Å². The predicted octanol–water partition coefficient (Wildman–Crippen LogP) is 5.38. The zero-order chi connectivity index (χ0) is 21.4. The molecule has 0 amide bonds. The Morgan fingerprint density at radius 1 is 1.00 bits per heavy atom. The van der Waals surface area contributed by atoms with Crippen molar-refractivity contribution in [2.45, 2.75) is 38.1 Å². The van der Waals surface area contributed by atoms with E-state index in [1.807, 2.05) is 28.9 Å². The zero-order valence-electron chi connectivity index (χ0n) is 18.0. The van der Waals surface area contributed by atoms with Crippen LogP contribution in [0.3, 0.4) is 0 Å². The third-order valence-corrected chi connectivity index (χ3v) is 7.06. The van der Waals surface area contributed by atoms with E-state index in [0.717, 1.165) is 32.1 Å². The fourth-order valence-electron chi connectivity index (χ4n) is 4.34. The maximum Gasteiger partial charge on any atom is 0.204 e. The van der Waals surface area contributed by atoms with Crippen LogP contribution >= 0.6 is 11.3 Å². The second kappa shape index (κ2) is 8.26. The molecule has 0 spiro atoms. The van der Waals surface area contributed by atoms with E-state index in [4.69, 9.17) is 19.3 Å². The molecule has 5 rings (SSSR count). The molecule has 1 aliphatic rings. The van der Waals surface area contributed by atoms with E-state index >= 15 is 0 Å². The smallest absolute Gasteiger partial charge is 0.204 e. The number of hydrogen-bond acceptors (Lipinski definition) is 7. The molecule has 4 aromatic rings. The molecule has 3 heterocycles. The van der Waals surface area contributed by atoms with Crippen molar-refractivity contribution in [1.29, 1.82) is 0 Å². The number of rotatable bonds is 6. The third kappa shape index (κ3) is 3.54. The Hall–Kier alpha value is -3.00. The molecular formula is C23H26N4O3S. The summed E-state index contributed by atoms with van der Waals surface area (Å²) in [5.74, 6) is 2.81. The van der Waals surface area contributed by atoms with Crippen LogP contribution in [-0.4, -0.2) is 42.0 Å². The average molecular weight is 439 g/mol. The number of thiophene rings is 1. The minimum Gasteiger partial charge on any atom is -0.493 e. The molecule has 1 aliphatic carbocycles. The molecule has 162 valence electrons. The Balaban J connectivity index is 1.57. The second-order valence-electron chi connectivity index (χ2n) is 7.79. The van der Waals surface area contributed by atoms with Crippen molar-refractivity contribution in [3.63, 3.8) is 0 Å². The highest BCUT2D eigenvalue weighted by atomic mass is 32.1. The molecule has 0 bridgehead atoms. The average Bonchev–Trinajstić information content (AvgIpc) is 3.41. The van der Waals surface area contributed by atoms with Crippen molar-refractivity contribution in [1.82, 2.24) is 14.6 Å². The van der Waals surface area contributed by atoms with Crippen LogP contribution in [0.4, 0.5) is 5.82 Å². The number of hydrogen-bond donors (Lipinski definition) is 1. The molecule has 1 N–H and O–H groups in total. The van der Waals surface area contributed by atoms with Gasteiger partial charge >= 0.3 is 0 Å². The van der Waals surface area contributed by atoms with Crippen molar-refractivity contribution in [2.24, 2.45) is 0 Å². The summed E-state index contributed by atoms with van der Waals surface area (Å²) in [4.78, 5) is 5.62. The monoisotopic (exact) mass is 438 g/mol. The van der Waals surface area contributed by atoms with E-state index in [-0.39, 0.29) is 0 Å². The number of ether oxygens (including phenoxy) is 3. The van der Waals surface area contributed by atoms with Gasteiger partial charge in [-0.1, -0.05) is 19.3 Å². The van der Waals surface area contributed by atoms with Gasteiger partial charge in [-0.3, -0.25) is 0 Å². The van der Waals surface area contributed by atoms with Gasteiger partial charge in [0.15, 0.2) is 17.1 Å². The maximum atomic E-state index is 5.67. The van der Waals surface area contributed by atoms with E-state index in [0.29, 0.717) is 23.3 Å². The molecule has 0 saturated heterocycles. The number of fused-ring (bicyclic) bond motifs is 2. The molecule has 0 unspecified atom stereocenters. The van der Waals surface area contributed by atoms with Crippen LogP contribution < -0.4 is 19.5 Å². The Morgan fingerprint density at radius 2 is 1.81 bits per heavy atom. The lowest BCUT2D eigenvalue weighted by atomic mass is 9.95. The fraction of sp³-hybridized carbons (Fsp3) is 0.391. The highest BCUT2D eigenvalue weighted by Gasteiger charge is 2.20. The molecule has 3 aromatic heterocycles. The Morgan fingerprint density at radius 3 is 2.55 bits per heavy atom. The first kappa shape index (κ1) is 19.9. The number of nitrogens with one attached hydrogen (secondary N) is 1. The summed E-state index contributed by atoms with van der Waals surface area (Å²) in [6.07, 6.45) is 8.19. The number of imidazole rings is 1. The van der Waals surface area contributed by atoms with Crippen LogP contribution in [0.5, 0.6) is 17.2 Å². The SMILES string of the molecule is COc1cc2cc(-c3cnc4ccc(NC5CCCCC5)nn34)sc2c(OC)c1OC. The van der Waals surface area contributed by atoms with E-state index in [1.165, 1.54) is 32.1 Å². The summed E-state index contributed by atoms with van der Waals surface area (Å²) >= 11 is 1.63. The van der Waals surface area contributed by atoms with Crippen molar-refractivity contribution in [2.75, 3.05) is 26.6 Å². The first-order chi connectivity index (χ1) is 15.2. The van der Waals surface area contributed by atoms with Gasteiger partial charge in [-0.25, -0.2) is 9.50 Å². The van der Waals surface area contributed by atoms with Crippen molar-refractivity contribution < 1.29 is 14.2 Å². The number of nitrogens with zero attached hydrogens (tertiary/aromatic N) is 3. The van der Waals surface area contributed by atoms with E-state index in [2.05, 4.69) is 16.4 Å². The van der Waals surface area contributed by atoms with Gasteiger partial charge in [0.25, 0.3) is 0 Å². The fourth-order valence-corrected chi connectivity index (χ4v) is 5.50. The molecule has 0 atom stereocenters. The molecule has 0 radical (unpaired) electrons. The minimum absolute atomic E-state index is 0.499. The first-order valence-corrected chi connectivity index (χ1v) is 11.4. The summed E-state index contributed by atoms with van der Waals surface area (Å²) in [6, 6.07) is 8.63. The molecule has 1 saturated carbocycles. The van der Waals surface area contributed by atoms with Crippen LogP contribution in [0.1, 0.15) is 32.1 Å². The van der Waals surface area contributed by atoms with Crippen LogP contribution in [0, 0.1) is 0 Å². The zero-order valence-corrected chi connectivity index (χ0v) is 18.8. The van der Waals surface area contributed by atoms with Gasteiger partial charge in [0.05, 0.1) is 37.1 Å². The summed E-state index contributed by atoms with van der Waals surface area (Å²) in [7, 11) is 4.90. The quantitative estimate of drug-likeness (QED) is 0.436. The summed E-state index contributed by atoms with van der Waals surface area (Å²) in [5.41, 5.74) is 1.77. The molecule has 7 nitrogen and oxygen atoms in total. The van der Waals surface area contributed by atoms with Gasteiger partial charge < -0.3 is 19.5 Å². The first-order valence-electron chi connectivity index (χ1n) is 10.6. The molecular weight excluding hydrogens is 412 g/mol. The minimum atomic E-state index is 0.499. The number of aromatic nitrogens is 3. The van der Waals surface area contributed by atoms with Gasteiger partial charge in [-0.05, 0) is 37.1 Å². The second-order valence-corrected chi connectivity index (χ2v) is 8.84. The van der Waals surface area contributed by atoms with Crippen molar-refractivity contribution >= 4 is 32.9 Å². The molecule has 1 aromatic carbocycles. The van der Waals surface area contributed by atoms with Crippen LogP contribution in [0.15, 0.2) is 30.5 Å². The van der Waals surface area contributed by atoms with Gasteiger partial charge in [0, 0.05) is 11.4 Å². The normalized spacial score (nSPS) is 14.8. The van der Waals surface area contributed by atoms with E-state index in [9.17, 15) is 0 Å². The summed E-state index contributed by atoms with van der Waals surface area (Å²) in [6.45, 7) is 0. The standard InChI is InChI=1S/C23H26N4O3S/c1-28-17-11-14-12-18(31-23(14)22(30-3)21(17)29-2)16-13-24-20-10-9-19(26-27(16)20)25-15-7-5-4-6-8-15/h9-13,15H,4-8H2,1-3H3,(H,25,26). The largest absolute Gasteiger partial charge is 0.493 e. The molecule has 31 heavy (non-hydrogen) atoms. The van der Waals surface area contributed by atoms with Crippen LogP contribution in [0.25, 0.3) is 26.3 Å². The summed E-state index contributed by atoms with van der Waals surface area (Å²) < 4.78 is 19.6. The number of benzene rings is 1. The third-order valence-electron chi connectivity index (χ3n) is 5.88. The van der Waals surface area contributed by atoms with Crippen LogP contribution in [0.2, 0.25) is 0 Å². The Kier molecular flexibility index (Phi) is 5.31. The van der Waals surface area contributed by atoms with Gasteiger partial charge in [0.1, 0.15) is 11.5 Å². The highest BCUT2D eigenvalue weighted by Crippen LogP contribution is 2.48. The summed E-state index contributed by atoms with van der Waals surface area (Å²) in [5, 5.41) is 9.49. The van der Waals surface area contributed by atoms with E-state index in [1.54, 1.807) is 32.7 Å². The maximum absolute atomic E-state index is 5.67. The predicted molar refractivity (Wildman–Crippen MR) is 124 cm³/mol. The number of methoxy groups -OCH3 is 3. The lowest BCUT2D eigenvalue weighted by molar-refractivity contribution is 0.327. The topological polar surface area (TPSA) is 69.9 Å². The van der Waals surface area contributed by atoms with Gasteiger partial charge in [0.2, 0.25) is 5.75 Å². The lowest BCUT2D eigenvalue weighted by Gasteiger charge is -2.23. The lowest BCUT2D eigenvalue weighted by Crippen LogP contribution is -2.23. The highest BCUT2D eigenvalue weighted by molar-refractivity contribution is 7.22. The number of anilines is 1. The Bertz CT molecular complexity index is 1230. The van der Waals surface area contributed by atoms with Gasteiger partial charge in [-0.2, -0.15) is 0 Å². The van der Waals surface area contributed by atoms with Gasteiger partial charge in [-0.15, -0.1) is 16.4 Å². The Labute approximate surface area is 185 Å². The molecule has 8 heteroatoms. The van der Waals surface area contributed by atoms with E-state index < -0.39 is 0 Å². The van der Waals surface area contributed by atoms with Crippen LogP contribution in [-0.2, 0) is 0 Å². The van der Waals surface area contributed by atoms with Crippen molar-refractivity contribution in [3.05, 3.63) is 30.5 Å². The molecule has 1 fully saturated rings.